The molecule has 0 unspecified atom stereocenters. The van der Waals surface area contributed by atoms with Crippen molar-refractivity contribution in [2.24, 2.45) is 0 Å². The summed E-state index contributed by atoms with van der Waals surface area (Å²) in [7, 11) is 0. The number of aromatic nitrogens is 3. The third kappa shape index (κ3) is 6.52. The van der Waals surface area contributed by atoms with Gasteiger partial charge in [0.2, 0.25) is 5.82 Å². The van der Waals surface area contributed by atoms with E-state index in [0.29, 0.717) is 37.8 Å². The molecular formula is C25H27F3N6O3. The number of alkyl halides is 3. The maximum absolute atomic E-state index is 12.7. The molecule has 9 nitrogen and oxygen atoms in total. The summed E-state index contributed by atoms with van der Waals surface area (Å²) in [4.78, 5) is 26.0. The van der Waals surface area contributed by atoms with Crippen LogP contribution in [-0.2, 0) is 10.9 Å². The Morgan fingerprint density at radius 3 is 2.51 bits per heavy atom. The van der Waals surface area contributed by atoms with Gasteiger partial charge in [0.05, 0.1) is 25.4 Å². The Kier molecular flexibility index (Phi) is 7.89. The van der Waals surface area contributed by atoms with Crippen LogP contribution in [0.15, 0.2) is 42.7 Å². The Labute approximate surface area is 211 Å². The standard InChI is InChI=1S/C25H27F3N6O3/c1-15-3-4-19(32-23(36)18-12-29-24(30-13-18)25(26,27)28)11-20(15)17-9-21(31-16(2)14-35)33-22(10-17)34-5-7-37-8-6-34/h3-4,9-13,16,35H,5-8,14H2,1-2H3,(H,31,33)(H,32,36)/t16-/m1/s1. The van der Waals surface area contributed by atoms with Crippen LogP contribution in [0.4, 0.5) is 30.5 Å². The lowest BCUT2D eigenvalue weighted by atomic mass is 10.00. The van der Waals surface area contributed by atoms with Crippen LogP contribution in [0.2, 0.25) is 0 Å². The largest absolute Gasteiger partial charge is 0.451 e. The van der Waals surface area contributed by atoms with Gasteiger partial charge in [-0.3, -0.25) is 4.79 Å². The zero-order chi connectivity index (χ0) is 26.6. The summed E-state index contributed by atoms with van der Waals surface area (Å²) in [6.45, 7) is 6.28. The summed E-state index contributed by atoms with van der Waals surface area (Å²) in [5.41, 5.74) is 2.97. The molecule has 1 aliphatic heterocycles. The minimum Gasteiger partial charge on any atom is -0.394 e. The lowest BCUT2D eigenvalue weighted by Gasteiger charge is -2.29. The number of carbonyl (C=O) groups excluding carboxylic acids is 1. The predicted molar refractivity (Wildman–Crippen MR) is 133 cm³/mol. The number of hydrogen-bond acceptors (Lipinski definition) is 8. The van der Waals surface area contributed by atoms with Crippen molar-refractivity contribution >= 4 is 23.2 Å². The zero-order valence-electron chi connectivity index (χ0n) is 20.3. The van der Waals surface area contributed by atoms with Crippen molar-refractivity contribution in [2.75, 3.05) is 48.4 Å². The van der Waals surface area contributed by atoms with E-state index in [-0.39, 0.29) is 18.2 Å². The van der Waals surface area contributed by atoms with Gasteiger partial charge in [0.1, 0.15) is 11.6 Å². The fourth-order valence-electron chi connectivity index (χ4n) is 3.80. The molecule has 196 valence electrons. The lowest BCUT2D eigenvalue weighted by molar-refractivity contribution is -0.145. The van der Waals surface area contributed by atoms with Gasteiger partial charge in [0, 0.05) is 37.2 Å². The number of amides is 1. The van der Waals surface area contributed by atoms with E-state index >= 15 is 0 Å². The van der Waals surface area contributed by atoms with E-state index < -0.39 is 17.9 Å². The van der Waals surface area contributed by atoms with E-state index in [9.17, 15) is 23.1 Å². The molecule has 0 bridgehead atoms. The number of anilines is 3. The molecule has 0 saturated carbocycles. The van der Waals surface area contributed by atoms with Crippen LogP contribution in [-0.4, -0.2) is 64.9 Å². The minimum atomic E-state index is -4.69. The highest BCUT2D eigenvalue weighted by Gasteiger charge is 2.34. The van der Waals surface area contributed by atoms with Gasteiger partial charge >= 0.3 is 6.18 Å². The number of carbonyl (C=O) groups is 1. The Morgan fingerprint density at radius 1 is 1.16 bits per heavy atom. The Bertz CT molecular complexity index is 1250. The van der Waals surface area contributed by atoms with Crippen molar-refractivity contribution < 1.29 is 27.8 Å². The first-order valence-corrected chi connectivity index (χ1v) is 11.7. The van der Waals surface area contributed by atoms with Gasteiger partial charge in [-0.05, 0) is 54.8 Å². The summed E-state index contributed by atoms with van der Waals surface area (Å²) in [5, 5.41) is 15.4. The second kappa shape index (κ2) is 11.1. The molecule has 37 heavy (non-hydrogen) atoms. The summed E-state index contributed by atoms with van der Waals surface area (Å²) in [6, 6.07) is 8.95. The van der Waals surface area contributed by atoms with Gasteiger partial charge in [-0.25, -0.2) is 15.0 Å². The third-order valence-corrected chi connectivity index (χ3v) is 5.79. The second-order valence-corrected chi connectivity index (χ2v) is 8.70. The molecule has 0 spiro atoms. The molecular weight excluding hydrogens is 489 g/mol. The van der Waals surface area contributed by atoms with Crippen molar-refractivity contribution in [1.82, 2.24) is 15.0 Å². The number of halogens is 3. The molecule has 1 saturated heterocycles. The number of nitrogens with one attached hydrogen (secondary N) is 2. The number of hydrogen-bond donors (Lipinski definition) is 3. The van der Waals surface area contributed by atoms with Crippen molar-refractivity contribution in [2.45, 2.75) is 26.1 Å². The van der Waals surface area contributed by atoms with Crippen LogP contribution in [0, 0.1) is 6.92 Å². The lowest BCUT2D eigenvalue weighted by Crippen LogP contribution is -2.37. The fourth-order valence-corrected chi connectivity index (χ4v) is 3.80. The summed E-state index contributed by atoms with van der Waals surface area (Å²) >= 11 is 0. The fraction of sp³-hybridized carbons (Fsp3) is 0.360. The molecule has 1 aromatic carbocycles. The molecule has 2 aromatic heterocycles. The van der Waals surface area contributed by atoms with Crippen molar-refractivity contribution in [3.63, 3.8) is 0 Å². The maximum atomic E-state index is 12.7. The molecule has 1 fully saturated rings. The number of aryl methyl sites for hydroxylation is 1. The highest BCUT2D eigenvalue weighted by Crippen LogP contribution is 2.32. The smallest absolute Gasteiger partial charge is 0.394 e. The van der Waals surface area contributed by atoms with E-state index in [0.717, 1.165) is 34.9 Å². The number of aliphatic hydroxyl groups excluding tert-OH is 1. The first kappa shape index (κ1) is 26.3. The van der Waals surface area contributed by atoms with Crippen molar-refractivity contribution in [3.8, 4) is 11.1 Å². The van der Waals surface area contributed by atoms with Crippen LogP contribution < -0.4 is 15.5 Å². The van der Waals surface area contributed by atoms with Gasteiger partial charge < -0.3 is 25.4 Å². The molecule has 12 heteroatoms. The van der Waals surface area contributed by atoms with Gasteiger partial charge in [-0.2, -0.15) is 13.2 Å². The Balaban J connectivity index is 1.63. The Morgan fingerprint density at radius 2 is 1.86 bits per heavy atom. The number of pyridine rings is 1. The van der Waals surface area contributed by atoms with E-state index in [1.807, 2.05) is 32.0 Å². The molecule has 3 heterocycles. The number of aliphatic hydroxyl groups is 1. The normalized spacial score (nSPS) is 14.8. The highest BCUT2D eigenvalue weighted by molar-refractivity contribution is 6.04. The third-order valence-electron chi connectivity index (χ3n) is 5.79. The van der Waals surface area contributed by atoms with Crippen LogP contribution >= 0.6 is 0 Å². The first-order chi connectivity index (χ1) is 17.6. The van der Waals surface area contributed by atoms with Crippen LogP contribution in [0.25, 0.3) is 11.1 Å². The van der Waals surface area contributed by atoms with E-state index in [1.54, 1.807) is 12.1 Å². The van der Waals surface area contributed by atoms with E-state index in [1.165, 1.54) is 0 Å². The Hall–Kier alpha value is -3.77. The highest BCUT2D eigenvalue weighted by atomic mass is 19.4. The van der Waals surface area contributed by atoms with Gasteiger partial charge in [-0.15, -0.1) is 0 Å². The van der Waals surface area contributed by atoms with E-state index in [4.69, 9.17) is 9.72 Å². The maximum Gasteiger partial charge on any atom is 0.451 e. The van der Waals surface area contributed by atoms with Gasteiger partial charge in [-0.1, -0.05) is 6.07 Å². The molecule has 1 atom stereocenters. The zero-order valence-corrected chi connectivity index (χ0v) is 20.3. The summed E-state index contributed by atoms with van der Waals surface area (Å²) in [6.07, 6.45) is -3.00. The molecule has 0 radical (unpaired) electrons. The van der Waals surface area contributed by atoms with Gasteiger partial charge in [0.15, 0.2) is 0 Å². The monoisotopic (exact) mass is 516 g/mol. The first-order valence-electron chi connectivity index (χ1n) is 11.7. The predicted octanol–water partition coefficient (Wildman–Crippen LogP) is 3.75. The SMILES string of the molecule is Cc1ccc(NC(=O)c2cnc(C(F)(F)F)nc2)cc1-c1cc(N[C@H](C)CO)nc(N2CCOCC2)c1. The second-order valence-electron chi connectivity index (χ2n) is 8.70. The summed E-state index contributed by atoms with van der Waals surface area (Å²) < 4.78 is 43.6. The molecule has 4 rings (SSSR count). The van der Waals surface area contributed by atoms with E-state index in [2.05, 4.69) is 25.5 Å². The molecule has 3 N–H and O–H groups in total. The topological polar surface area (TPSA) is 112 Å². The molecule has 1 amide bonds. The number of rotatable bonds is 7. The quantitative estimate of drug-likeness (QED) is 0.435. The minimum absolute atomic E-state index is 0.0625. The number of morpholine rings is 1. The number of benzene rings is 1. The summed E-state index contributed by atoms with van der Waals surface area (Å²) in [5.74, 6) is -0.595. The van der Waals surface area contributed by atoms with Crippen molar-refractivity contribution in [3.05, 3.63) is 59.7 Å². The van der Waals surface area contributed by atoms with Crippen LogP contribution in [0.3, 0.4) is 0 Å². The molecule has 0 aliphatic carbocycles. The van der Waals surface area contributed by atoms with Crippen LogP contribution in [0.1, 0.15) is 28.7 Å². The van der Waals surface area contributed by atoms with Crippen molar-refractivity contribution in [1.29, 1.82) is 0 Å². The number of nitrogens with zero attached hydrogens (tertiary/aromatic N) is 4. The number of ether oxygens (including phenoxy) is 1. The molecule has 1 aliphatic rings. The average Bonchev–Trinajstić information content (AvgIpc) is 2.89. The molecule has 3 aromatic rings. The average molecular weight is 517 g/mol. The van der Waals surface area contributed by atoms with Crippen LogP contribution in [0.5, 0.6) is 0 Å². The van der Waals surface area contributed by atoms with Gasteiger partial charge in [0.25, 0.3) is 5.91 Å².